The van der Waals surface area contributed by atoms with E-state index in [1.807, 2.05) is 0 Å². The van der Waals surface area contributed by atoms with Gasteiger partial charge in [0.1, 0.15) is 17.9 Å². The number of nitrogens with zero attached hydrogens (tertiary/aromatic N) is 4. The van der Waals surface area contributed by atoms with Crippen LogP contribution in [0.5, 0.6) is 0 Å². The van der Waals surface area contributed by atoms with Gasteiger partial charge in [0.15, 0.2) is 11.5 Å². The van der Waals surface area contributed by atoms with E-state index in [9.17, 15) is 22.4 Å². The van der Waals surface area contributed by atoms with E-state index in [-0.39, 0.29) is 23.5 Å². The Bertz CT molecular complexity index is 1110. The van der Waals surface area contributed by atoms with Gasteiger partial charge in [-0.1, -0.05) is 0 Å². The second-order valence-electron chi connectivity index (χ2n) is 7.82. The summed E-state index contributed by atoms with van der Waals surface area (Å²) in [5, 5.41) is 12.0. The Labute approximate surface area is 179 Å². The molecule has 3 heterocycles. The number of aromatic nitrogens is 5. The van der Waals surface area contributed by atoms with Crippen LogP contribution in [0, 0.1) is 0 Å². The third-order valence-corrected chi connectivity index (χ3v) is 5.08. The Kier molecular flexibility index (Phi) is 5.65. The zero-order chi connectivity index (χ0) is 23.0. The fourth-order valence-corrected chi connectivity index (χ4v) is 3.64. The first kappa shape index (κ1) is 21.8. The van der Waals surface area contributed by atoms with Crippen LogP contribution in [-0.4, -0.2) is 49.0 Å². The molecule has 1 saturated carbocycles. The average Bonchev–Trinajstić information content (AvgIpc) is 3.41. The predicted molar refractivity (Wildman–Crippen MR) is 105 cm³/mol. The number of ether oxygens (including phenoxy) is 1. The van der Waals surface area contributed by atoms with E-state index in [1.165, 1.54) is 22.9 Å². The number of anilines is 2. The van der Waals surface area contributed by atoms with Gasteiger partial charge in [-0.05, 0) is 26.7 Å². The number of aromatic amines is 1. The van der Waals surface area contributed by atoms with Crippen LogP contribution in [-0.2, 0) is 10.9 Å². The van der Waals surface area contributed by atoms with Gasteiger partial charge in [0.05, 0.1) is 0 Å². The van der Waals surface area contributed by atoms with Crippen LogP contribution < -0.4 is 10.6 Å². The molecule has 0 saturated heterocycles. The summed E-state index contributed by atoms with van der Waals surface area (Å²) in [5.41, 5.74) is -0.608. The average molecular weight is 455 g/mol. The molecule has 172 valence electrons. The number of carbonyl (C=O) groups excluding carboxylic acids is 1. The van der Waals surface area contributed by atoms with Crippen molar-refractivity contribution < 1.29 is 27.1 Å². The van der Waals surface area contributed by atoms with E-state index in [0.29, 0.717) is 18.5 Å². The Morgan fingerprint density at radius 3 is 2.81 bits per heavy atom. The first-order valence-corrected chi connectivity index (χ1v) is 9.96. The van der Waals surface area contributed by atoms with Crippen molar-refractivity contribution in [2.24, 2.45) is 0 Å². The molecule has 1 aliphatic rings. The van der Waals surface area contributed by atoms with Crippen LogP contribution in [0.4, 0.5) is 34.1 Å². The van der Waals surface area contributed by atoms with Crippen molar-refractivity contribution >= 4 is 23.5 Å². The molecule has 9 nitrogen and oxygen atoms in total. The van der Waals surface area contributed by atoms with Crippen LogP contribution in [0.2, 0.25) is 0 Å². The van der Waals surface area contributed by atoms with Crippen molar-refractivity contribution in [1.29, 1.82) is 0 Å². The van der Waals surface area contributed by atoms with E-state index in [0.717, 1.165) is 6.07 Å². The normalized spacial score (nSPS) is 21.3. The van der Waals surface area contributed by atoms with Gasteiger partial charge >= 0.3 is 12.3 Å². The molecule has 0 unspecified atom stereocenters. The summed E-state index contributed by atoms with van der Waals surface area (Å²) in [6, 6.07) is 2.20. The van der Waals surface area contributed by atoms with Crippen molar-refractivity contribution in [2.75, 3.05) is 5.32 Å². The Hall–Kier alpha value is -3.38. The number of imidazole rings is 1. The summed E-state index contributed by atoms with van der Waals surface area (Å²) in [6.45, 7) is 3.53. The number of hydrogen-bond acceptors (Lipinski definition) is 6. The number of alkyl carbamates (subject to hydrolysis) is 1. The topological polar surface area (TPSA) is 109 Å². The van der Waals surface area contributed by atoms with E-state index in [1.54, 1.807) is 13.8 Å². The molecule has 32 heavy (non-hydrogen) atoms. The summed E-state index contributed by atoms with van der Waals surface area (Å²) in [4.78, 5) is 19.3. The number of halogens is 4. The van der Waals surface area contributed by atoms with E-state index in [2.05, 4.69) is 30.8 Å². The Balaban J connectivity index is 1.49. The summed E-state index contributed by atoms with van der Waals surface area (Å²) < 4.78 is 60.9. The van der Waals surface area contributed by atoms with Gasteiger partial charge in [0, 0.05) is 42.2 Å². The molecule has 13 heteroatoms. The molecule has 3 aromatic rings. The standard InChI is InChI=1S/C19H21F4N7O2/c1-9(2)25-18(31)32-12-4-3-10(16(12)20)11-7-14(29-28-11)27-17-26-13(19(21,22)23)8-15-24-5-6-30(15)17/h5-10,12,16H,3-4H2,1-2H3,(H,25,31)(H2,26,27,28,29)/t10-,12-,16-/m1/s1. The monoisotopic (exact) mass is 455 g/mol. The minimum absolute atomic E-state index is 0.0601. The number of alkyl halides is 4. The highest BCUT2D eigenvalue weighted by Crippen LogP contribution is 2.38. The van der Waals surface area contributed by atoms with Crippen molar-refractivity contribution in [3.8, 4) is 0 Å². The third-order valence-electron chi connectivity index (χ3n) is 5.08. The number of carbonyl (C=O) groups is 1. The summed E-state index contributed by atoms with van der Waals surface area (Å²) in [5.74, 6) is -0.575. The van der Waals surface area contributed by atoms with E-state index < -0.39 is 36.2 Å². The van der Waals surface area contributed by atoms with Crippen LogP contribution in [0.3, 0.4) is 0 Å². The number of amides is 1. The molecule has 0 aromatic carbocycles. The van der Waals surface area contributed by atoms with Gasteiger partial charge in [-0.25, -0.2) is 19.2 Å². The summed E-state index contributed by atoms with van der Waals surface area (Å²) in [7, 11) is 0. The smallest absolute Gasteiger partial charge is 0.433 e. The highest BCUT2D eigenvalue weighted by molar-refractivity contribution is 5.67. The molecule has 1 amide bonds. The predicted octanol–water partition coefficient (Wildman–Crippen LogP) is 3.93. The highest BCUT2D eigenvalue weighted by Gasteiger charge is 2.41. The highest BCUT2D eigenvalue weighted by atomic mass is 19.4. The molecule has 0 spiro atoms. The van der Waals surface area contributed by atoms with E-state index >= 15 is 0 Å². The van der Waals surface area contributed by atoms with Crippen LogP contribution >= 0.6 is 0 Å². The Morgan fingerprint density at radius 2 is 2.09 bits per heavy atom. The molecule has 1 aliphatic carbocycles. The zero-order valence-electron chi connectivity index (χ0n) is 17.2. The molecule has 3 N–H and O–H groups in total. The van der Waals surface area contributed by atoms with Gasteiger partial charge < -0.3 is 15.4 Å². The fraction of sp³-hybridized carbons (Fsp3) is 0.474. The maximum absolute atomic E-state index is 14.9. The van der Waals surface area contributed by atoms with Gasteiger partial charge in [0.2, 0.25) is 5.95 Å². The van der Waals surface area contributed by atoms with Crippen LogP contribution in [0.1, 0.15) is 44.0 Å². The van der Waals surface area contributed by atoms with Crippen LogP contribution in [0.15, 0.2) is 24.5 Å². The van der Waals surface area contributed by atoms with Crippen molar-refractivity contribution in [2.45, 2.75) is 57.1 Å². The lowest BCUT2D eigenvalue weighted by Crippen LogP contribution is -2.36. The van der Waals surface area contributed by atoms with Gasteiger partial charge in [-0.15, -0.1) is 0 Å². The van der Waals surface area contributed by atoms with Gasteiger partial charge in [-0.3, -0.25) is 9.50 Å². The zero-order valence-corrected chi connectivity index (χ0v) is 17.2. The molecule has 4 rings (SSSR count). The first-order chi connectivity index (χ1) is 15.1. The molecular weight excluding hydrogens is 434 g/mol. The number of H-pyrrole nitrogens is 1. The van der Waals surface area contributed by atoms with Crippen molar-refractivity contribution in [3.63, 3.8) is 0 Å². The van der Waals surface area contributed by atoms with Gasteiger partial charge in [-0.2, -0.15) is 18.3 Å². The molecule has 1 fully saturated rings. The SMILES string of the molecule is CC(C)NC(=O)O[C@@H]1CC[C@H](c2cc(Nc3nc(C(F)(F)F)cc4nccn34)n[nH]2)[C@H]1F. The lowest BCUT2D eigenvalue weighted by atomic mass is 10.0. The van der Waals surface area contributed by atoms with Crippen molar-refractivity contribution in [1.82, 2.24) is 29.9 Å². The molecular formula is C19H21F4N7O2. The van der Waals surface area contributed by atoms with Crippen LogP contribution in [0.25, 0.3) is 5.65 Å². The minimum Gasteiger partial charge on any atom is -0.443 e. The minimum atomic E-state index is -4.65. The maximum Gasteiger partial charge on any atom is 0.433 e. The Morgan fingerprint density at radius 1 is 1.31 bits per heavy atom. The van der Waals surface area contributed by atoms with E-state index in [4.69, 9.17) is 4.74 Å². The van der Waals surface area contributed by atoms with Crippen molar-refractivity contribution in [3.05, 3.63) is 35.9 Å². The molecule has 3 atom stereocenters. The van der Waals surface area contributed by atoms with Gasteiger partial charge in [0.25, 0.3) is 0 Å². The molecule has 3 aromatic heterocycles. The molecule has 0 radical (unpaired) electrons. The molecule has 0 aliphatic heterocycles. The number of nitrogens with one attached hydrogen (secondary N) is 3. The lowest BCUT2D eigenvalue weighted by molar-refractivity contribution is -0.141. The first-order valence-electron chi connectivity index (χ1n) is 9.96. The lowest BCUT2D eigenvalue weighted by Gasteiger charge is -2.18. The number of fused-ring (bicyclic) bond motifs is 1. The fourth-order valence-electron chi connectivity index (χ4n) is 3.64. The number of hydrogen-bond donors (Lipinski definition) is 3. The second kappa shape index (κ2) is 8.28. The quantitative estimate of drug-likeness (QED) is 0.503. The number of rotatable bonds is 5. The summed E-state index contributed by atoms with van der Waals surface area (Å²) >= 11 is 0. The largest absolute Gasteiger partial charge is 0.443 e. The summed E-state index contributed by atoms with van der Waals surface area (Å²) in [6.07, 6.45) is -4.12. The second-order valence-corrected chi connectivity index (χ2v) is 7.82. The maximum atomic E-state index is 14.9. The third kappa shape index (κ3) is 4.46. The molecule has 0 bridgehead atoms.